The monoisotopic (exact) mass is 255 g/mol. The van der Waals surface area contributed by atoms with Crippen molar-refractivity contribution in [2.24, 2.45) is 0 Å². The van der Waals surface area contributed by atoms with Crippen LogP contribution in [0.3, 0.4) is 0 Å². The molecule has 17 heavy (non-hydrogen) atoms. The Morgan fingerprint density at radius 1 is 1.47 bits per heavy atom. The van der Waals surface area contributed by atoms with Crippen molar-refractivity contribution in [3.63, 3.8) is 0 Å². The zero-order valence-electron chi connectivity index (χ0n) is 9.30. The van der Waals surface area contributed by atoms with Crippen molar-refractivity contribution in [2.45, 2.75) is 0 Å². The molecule has 0 saturated heterocycles. The molecular weight excluding hydrogens is 242 g/mol. The van der Waals surface area contributed by atoms with Crippen LogP contribution in [0.15, 0.2) is 24.3 Å². The molecule has 1 aromatic carbocycles. The van der Waals surface area contributed by atoms with E-state index in [9.17, 15) is 8.42 Å². The average Bonchev–Trinajstić information content (AvgIpc) is 2.29. The fourth-order valence-electron chi connectivity index (χ4n) is 1.12. The van der Waals surface area contributed by atoms with E-state index < -0.39 is 10.2 Å². The second kappa shape index (κ2) is 6.20. The summed E-state index contributed by atoms with van der Waals surface area (Å²) in [6.45, 7) is 0.475. The lowest BCUT2D eigenvalue weighted by Gasteiger charge is -2.08. The number of benzene rings is 1. The van der Waals surface area contributed by atoms with Crippen LogP contribution in [0.5, 0.6) is 0 Å². The van der Waals surface area contributed by atoms with Gasteiger partial charge in [-0.2, -0.15) is 18.4 Å². The molecule has 0 radical (unpaired) electrons. The van der Waals surface area contributed by atoms with Gasteiger partial charge in [0.1, 0.15) is 0 Å². The van der Waals surface area contributed by atoms with Crippen LogP contribution in [-0.4, -0.2) is 28.7 Å². The number of nitrogens with one attached hydrogen (secondary N) is 2. The van der Waals surface area contributed by atoms with Crippen LogP contribution < -0.4 is 9.44 Å². The number of hydrogen-bond donors (Lipinski definition) is 2. The van der Waals surface area contributed by atoms with Gasteiger partial charge >= 0.3 is 0 Å². The van der Waals surface area contributed by atoms with Gasteiger partial charge in [0.25, 0.3) is 10.2 Å². The SMILES string of the molecule is COCCNS(=O)(=O)Nc1cccc(C#N)c1. The third-order valence-electron chi connectivity index (χ3n) is 1.84. The van der Waals surface area contributed by atoms with Crippen LogP contribution in [0.2, 0.25) is 0 Å². The summed E-state index contributed by atoms with van der Waals surface area (Å²) in [5, 5.41) is 8.67. The molecule has 0 atom stereocenters. The Balaban J connectivity index is 2.66. The molecule has 0 aliphatic carbocycles. The highest BCUT2D eigenvalue weighted by molar-refractivity contribution is 7.90. The Bertz CT molecular complexity index is 508. The minimum Gasteiger partial charge on any atom is -0.383 e. The molecule has 0 spiro atoms. The molecule has 0 aromatic heterocycles. The Hall–Kier alpha value is -1.62. The summed E-state index contributed by atoms with van der Waals surface area (Å²) >= 11 is 0. The maximum absolute atomic E-state index is 11.5. The number of ether oxygens (including phenoxy) is 1. The van der Waals surface area contributed by atoms with Gasteiger partial charge in [-0.3, -0.25) is 4.72 Å². The van der Waals surface area contributed by atoms with E-state index in [1.54, 1.807) is 18.2 Å². The van der Waals surface area contributed by atoms with Gasteiger partial charge in [-0.05, 0) is 18.2 Å². The number of nitrogens with zero attached hydrogens (tertiary/aromatic N) is 1. The normalized spacial score (nSPS) is 10.8. The predicted molar refractivity (Wildman–Crippen MR) is 63.6 cm³/mol. The van der Waals surface area contributed by atoms with E-state index >= 15 is 0 Å². The summed E-state index contributed by atoms with van der Waals surface area (Å²) in [4.78, 5) is 0. The second-order valence-corrected chi connectivity index (χ2v) is 4.68. The van der Waals surface area contributed by atoms with E-state index in [1.807, 2.05) is 6.07 Å². The van der Waals surface area contributed by atoms with Gasteiger partial charge in [0, 0.05) is 13.7 Å². The molecule has 1 rings (SSSR count). The van der Waals surface area contributed by atoms with E-state index in [-0.39, 0.29) is 6.54 Å². The lowest BCUT2D eigenvalue weighted by molar-refractivity contribution is 0.204. The third-order valence-corrected chi connectivity index (χ3v) is 2.93. The molecule has 0 aliphatic heterocycles. The number of methoxy groups -OCH3 is 1. The lowest BCUT2D eigenvalue weighted by Crippen LogP contribution is -2.32. The molecule has 2 N–H and O–H groups in total. The Morgan fingerprint density at radius 2 is 2.24 bits per heavy atom. The highest BCUT2D eigenvalue weighted by Gasteiger charge is 2.08. The van der Waals surface area contributed by atoms with Crippen molar-refractivity contribution < 1.29 is 13.2 Å². The molecule has 0 saturated carbocycles. The maximum Gasteiger partial charge on any atom is 0.299 e. The number of rotatable bonds is 6. The first-order valence-corrected chi connectivity index (χ1v) is 6.32. The minimum atomic E-state index is -3.62. The Labute approximate surface area is 100 Å². The van der Waals surface area contributed by atoms with Crippen LogP contribution in [0, 0.1) is 11.3 Å². The van der Waals surface area contributed by atoms with Crippen molar-refractivity contribution >= 4 is 15.9 Å². The van der Waals surface area contributed by atoms with Gasteiger partial charge < -0.3 is 4.74 Å². The smallest absolute Gasteiger partial charge is 0.299 e. The van der Waals surface area contributed by atoms with Gasteiger partial charge in [0.15, 0.2) is 0 Å². The van der Waals surface area contributed by atoms with Gasteiger partial charge in [0.2, 0.25) is 0 Å². The zero-order valence-corrected chi connectivity index (χ0v) is 10.1. The van der Waals surface area contributed by atoms with Gasteiger partial charge in [-0.25, -0.2) is 0 Å². The van der Waals surface area contributed by atoms with Gasteiger partial charge in [-0.1, -0.05) is 6.07 Å². The molecule has 0 fully saturated rings. The van der Waals surface area contributed by atoms with Crippen molar-refractivity contribution in [3.8, 4) is 6.07 Å². The van der Waals surface area contributed by atoms with Gasteiger partial charge in [0.05, 0.1) is 23.9 Å². The first-order chi connectivity index (χ1) is 8.07. The third kappa shape index (κ3) is 4.82. The topological polar surface area (TPSA) is 91.2 Å². The van der Waals surface area contributed by atoms with Crippen molar-refractivity contribution in [1.29, 1.82) is 5.26 Å². The largest absolute Gasteiger partial charge is 0.383 e. The first-order valence-electron chi connectivity index (χ1n) is 4.84. The molecule has 7 heteroatoms. The Morgan fingerprint density at radius 3 is 2.88 bits per heavy atom. The first kappa shape index (κ1) is 13.4. The summed E-state index contributed by atoms with van der Waals surface area (Å²) in [6.07, 6.45) is 0. The van der Waals surface area contributed by atoms with Crippen LogP contribution in [-0.2, 0) is 14.9 Å². The summed E-state index contributed by atoms with van der Waals surface area (Å²) in [5.74, 6) is 0. The Kier molecular flexibility index (Phi) is 4.90. The lowest BCUT2D eigenvalue weighted by atomic mass is 10.2. The summed E-state index contributed by atoms with van der Waals surface area (Å²) in [5.41, 5.74) is 0.732. The number of hydrogen-bond acceptors (Lipinski definition) is 4. The van der Waals surface area contributed by atoms with Crippen molar-refractivity contribution in [1.82, 2.24) is 4.72 Å². The van der Waals surface area contributed by atoms with E-state index in [1.165, 1.54) is 13.2 Å². The minimum absolute atomic E-state index is 0.184. The second-order valence-electron chi connectivity index (χ2n) is 3.19. The quantitative estimate of drug-likeness (QED) is 0.722. The molecule has 92 valence electrons. The molecule has 0 heterocycles. The van der Waals surface area contributed by atoms with E-state index in [4.69, 9.17) is 10.00 Å². The summed E-state index contributed by atoms with van der Waals surface area (Å²) in [6, 6.07) is 8.15. The zero-order chi connectivity index (χ0) is 12.7. The van der Waals surface area contributed by atoms with Crippen LogP contribution >= 0.6 is 0 Å². The number of anilines is 1. The summed E-state index contributed by atoms with van der Waals surface area (Å²) in [7, 11) is -2.14. The molecule has 6 nitrogen and oxygen atoms in total. The van der Waals surface area contributed by atoms with Gasteiger partial charge in [-0.15, -0.1) is 0 Å². The molecular formula is C10H13N3O3S. The predicted octanol–water partition coefficient (Wildman–Crippen LogP) is 0.451. The fraction of sp³-hybridized carbons (Fsp3) is 0.300. The molecule has 0 bridgehead atoms. The van der Waals surface area contributed by atoms with Crippen LogP contribution in [0.1, 0.15) is 5.56 Å². The molecule has 0 amide bonds. The van der Waals surface area contributed by atoms with Crippen LogP contribution in [0.25, 0.3) is 0 Å². The standard InChI is InChI=1S/C10H13N3O3S/c1-16-6-5-12-17(14,15)13-10-4-2-3-9(7-10)8-11/h2-4,7,12-13H,5-6H2,1H3. The molecule has 0 aliphatic rings. The van der Waals surface area contributed by atoms with Crippen LogP contribution in [0.4, 0.5) is 5.69 Å². The summed E-state index contributed by atoms with van der Waals surface area (Å²) < 4.78 is 32.4. The van der Waals surface area contributed by atoms with Crippen molar-refractivity contribution in [2.75, 3.05) is 25.0 Å². The average molecular weight is 255 g/mol. The van der Waals surface area contributed by atoms with E-state index in [0.29, 0.717) is 17.9 Å². The van der Waals surface area contributed by atoms with E-state index in [0.717, 1.165) is 0 Å². The maximum atomic E-state index is 11.5. The fourth-order valence-corrected chi connectivity index (χ4v) is 1.98. The van der Waals surface area contributed by atoms with Crippen molar-refractivity contribution in [3.05, 3.63) is 29.8 Å². The highest BCUT2D eigenvalue weighted by atomic mass is 32.2. The highest BCUT2D eigenvalue weighted by Crippen LogP contribution is 2.10. The van der Waals surface area contributed by atoms with E-state index in [2.05, 4.69) is 9.44 Å². The molecule has 1 aromatic rings. The molecule has 0 unspecified atom stereocenters. The number of nitriles is 1.